The zero-order chi connectivity index (χ0) is 11.9. The molecule has 0 atom stereocenters. The SMILES string of the molecule is Oc1ccc(/C=N/OCC2CCCCC2)cc1. The Hall–Kier alpha value is -1.51. The number of phenols is 1. The van der Waals surface area contributed by atoms with Crippen LogP contribution in [0.15, 0.2) is 29.4 Å². The highest BCUT2D eigenvalue weighted by Crippen LogP contribution is 2.23. The average molecular weight is 233 g/mol. The maximum absolute atomic E-state index is 9.12. The van der Waals surface area contributed by atoms with Crippen LogP contribution in [-0.2, 0) is 4.84 Å². The first-order valence-electron chi connectivity index (χ1n) is 6.29. The molecule has 0 unspecified atom stereocenters. The van der Waals surface area contributed by atoms with Crippen molar-refractivity contribution in [3.05, 3.63) is 29.8 Å². The largest absolute Gasteiger partial charge is 0.508 e. The lowest BCUT2D eigenvalue weighted by molar-refractivity contribution is 0.0928. The smallest absolute Gasteiger partial charge is 0.120 e. The lowest BCUT2D eigenvalue weighted by Gasteiger charge is -2.19. The first kappa shape index (κ1) is 12.0. The Kier molecular flexibility index (Phi) is 4.42. The van der Waals surface area contributed by atoms with Crippen molar-refractivity contribution in [3.8, 4) is 5.75 Å². The van der Waals surface area contributed by atoms with Gasteiger partial charge in [0, 0.05) is 0 Å². The van der Waals surface area contributed by atoms with Gasteiger partial charge in [0.05, 0.1) is 6.21 Å². The number of nitrogens with zero attached hydrogens (tertiary/aromatic N) is 1. The standard InChI is InChI=1S/C14H19NO2/c16-14-8-6-12(7-9-14)10-15-17-11-13-4-2-1-3-5-13/h6-10,13,16H,1-5,11H2/b15-10+. The van der Waals surface area contributed by atoms with Gasteiger partial charge in [-0.2, -0.15) is 0 Å². The lowest BCUT2D eigenvalue weighted by atomic mass is 9.90. The fourth-order valence-corrected chi connectivity index (χ4v) is 2.16. The van der Waals surface area contributed by atoms with Gasteiger partial charge in [-0.15, -0.1) is 0 Å². The van der Waals surface area contributed by atoms with Crippen LogP contribution in [0.3, 0.4) is 0 Å². The summed E-state index contributed by atoms with van der Waals surface area (Å²) in [6.45, 7) is 0.731. The summed E-state index contributed by atoms with van der Waals surface area (Å²) in [5.41, 5.74) is 0.937. The van der Waals surface area contributed by atoms with Crippen LogP contribution >= 0.6 is 0 Å². The van der Waals surface area contributed by atoms with Gasteiger partial charge in [-0.05, 0) is 48.6 Å². The van der Waals surface area contributed by atoms with Crippen molar-refractivity contribution in [1.29, 1.82) is 0 Å². The van der Waals surface area contributed by atoms with Crippen LogP contribution in [0.4, 0.5) is 0 Å². The maximum Gasteiger partial charge on any atom is 0.120 e. The Morgan fingerprint density at radius 2 is 1.88 bits per heavy atom. The van der Waals surface area contributed by atoms with Crippen molar-refractivity contribution in [2.24, 2.45) is 11.1 Å². The van der Waals surface area contributed by atoms with Crippen LogP contribution in [0.25, 0.3) is 0 Å². The molecule has 0 radical (unpaired) electrons. The van der Waals surface area contributed by atoms with E-state index in [4.69, 9.17) is 9.94 Å². The molecule has 0 bridgehead atoms. The van der Waals surface area contributed by atoms with E-state index in [9.17, 15) is 0 Å². The zero-order valence-electron chi connectivity index (χ0n) is 10.0. The fraction of sp³-hybridized carbons (Fsp3) is 0.500. The average Bonchev–Trinajstić information content (AvgIpc) is 2.38. The molecule has 1 aromatic carbocycles. The predicted molar refractivity (Wildman–Crippen MR) is 68.2 cm³/mol. The molecule has 1 saturated carbocycles. The van der Waals surface area contributed by atoms with Crippen LogP contribution in [0.5, 0.6) is 5.75 Å². The molecule has 1 fully saturated rings. The van der Waals surface area contributed by atoms with Gasteiger partial charge in [-0.3, -0.25) is 0 Å². The molecule has 0 aromatic heterocycles. The van der Waals surface area contributed by atoms with Crippen molar-refractivity contribution in [2.75, 3.05) is 6.61 Å². The van der Waals surface area contributed by atoms with Crippen molar-refractivity contribution in [1.82, 2.24) is 0 Å². The van der Waals surface area contributed by atoms with E-state index in [2.05, 4.69) is 5.16 Å². The second-order valence-corrected chi connectivity index (χ2v) is 4.63. The number of phenolic OH excluding ortho intramolecular Hbond substituents is 1. The van der Waals surface area contributed by atoms with E-state index in [1.165, 1.54) is 32.1 Å². The minimum absolute atomic E-state index is 0.269. The number of rotatable bonds is 4. The normalized spacial score (nSPS) is 17.4. The molecule has 0 aliphatic heterocycles. The molecule has 92 valence electrons. The van der Waals surface area contributed by atoms with Gasteiger partial charge in [0.1, 0.15) is 12.4 Å². The predicted octanol–water partition coefficient (Wildman–Crippen LogP) is 3.32. The number of benzene rings is 1. The summed E-state index contributed by atoms with van der Waals surface area (Å²) in [5.74, 6) is 0.950. The monoisotopic (exact) mass is 233 g/mol. The molecule has 3 nitrogen and oxygen atoms in total. The van der Waals surface area contributed by atoms with E-state index in [0.29, 0.717) is 5.92 Å². The van der Waals surface area contributed by atoms with E-state index in [-0.39, 0.29) is 5.75 Å². The third kappa shape index (κ3) is 4.10. The highest BCUT2D eigenvalue weighted by atomic mass is 16.6. The van der Waals surface area contributed by atoms with Crippen LogP contribution < -0.4 is 0 Å². The zero-order valence-corrected chi connectivity index (χ0v) is 10.0. The topological polar surface area (TPSA) is 41.8 Å². The van der Waals surface area contributed by atoms with Gasteiger partial charge < -0.3 is 9.94 Å². The highest BCUT2D eigenvalue weighted by molar-refractivity contribution is 5.79. The number of aromatic hydroxyl groups is 1. The van der Waals surface area contributed by atoms with Crippen molar-refractivity contribution >= 4 is 6.21 Å². The van der Waals surface area contributed by atoms with Crippen LogP contribution in [0.1, 0.15) is 37.7 Å². The van der Waals surface area contributed by atoms with Crippen molar-refractivity contribution in [2.45, 2.75) is 32.1 Å². The van der Waals surface area contributed by atoms with Crippen LogP contribution in [0, 0.1) is 5.92 Å². The number of oxime groups is 1. The Morgan fingerprint density at radius 1 is 1.18 bits per heavy atom. The molecule has 3 heteroatoms. The van der Waals surface area contributed by atoms with Gasteiger partial charge in [0.15, 0.2) is 0 Å². The van der Waals surface area contributed by atoms with E-state index in [0.717, 1.165) is 12.2 Å². The van der Waals surface area contributed by atoms with Crippen LogP contribution in [-0.4, -0.2) is 17.9 Å². The Morgan fingerprint density at radius 3 is 2.59 bits per heavy atom. The second kappa shape index (κ2) is 6.28. The van der Waals surface area contributed by atoms with E-state index in [1.807, 2.05) is 12.1 Å². The molecular weight excluding hydrogens is 214 g/mol. The first-order valence-corrected chi connectivity index (χ1v) is 6.29. The molecule has 0 spiro atoms. The number of hydrogen-bond acceptors (Lipinski definition) is 3. The minimum Gasteiger partial charge on any atom is -0.508 e. The Labute approximate surface area is 102 Å². The first-order chi connectivity index (χ1) is 8.34. The molecule has 0 amide bonds. The van der Waals surface area contributed by atoms with E-state index >= 15 is 0 Å². The molecule has 1 aliphatic rings. The summed E-state index contributed by atoms with van der Waals surface area (Å²) >= 11 is 0. The van der Waals surface area contributed by atoms with Crippen molar-refractivity contribution < 1.29 is 9.94 Å². The molecule has 2 rings (SSSR count). The van der Waals surface area contributed by atoms with Crippen LogP contribution in [0.2, 0.25) is 0 Å². The summed E-state index contributed by atoms with van der Waals surface area (Å²) in [4.78, 5) is 5.31. The molecular formula is C14H19NO2. The van der Waals surface area contributed by atoms with Gasteiger partial charge in [-0.25, -0.2) is 0 Å². The Bertz CT molecular complexity index is 353. The van der Waals surface area contributed by atoms with Gasteiger partial charge in [0.25, 0.3) is 0 Å². The number of hydrogen-bond donors (Lipinski definition) is 1. The Balaban J connectivity index is 1.72. The second-order valence-electron chi connectivity index (χ2n) is 4.63. The molecule has 17 heavy (non-hydrogen) atoms. The summed E-state index contributed by atoms with van der Waals surface area (Å²) in [6.07, 6.45) is 8.25. The summed E-state index contributed by atoms with van der Waals surface area (Å²) in [7, 11) is 0. The molecule has 0 saturated heterocycles. The third-order valence-electron chi connectivity index (χ3n) is 3.20. The highest BCUT2D eigenvalue weighted by Gasteiger charge is 2.13. The molecule has 1 N–H and O–H groups in total. The minimum atomic E-state index is 0.269. The quantitative estimate of drug-likeness (QED) is 0.640. The summed E-state index contributed by atoms with van der Waals surface area (Å²) in [5, 5.41) is 13.1. The van der Waals surface area contributed by atoms with Crippen molar-refractivity contribution in [3.63, 3.8) is 0 Å². The lowest BCUT2D eigenvalue weighted by Crippen LogP contribution is -2.11. The molecule has 1 aromatic rings. The maximum atomic E-state index is 9.12. The van der Waals surface area contributed by atoms with E-state index < -0.39 is 0 Å². The molecule has 0 heterocycles. The van der Waals surface area contributed by atoms with Gasteiger partial charge in [-0.1, -0.05) is 24.4 Å². The van der Waals surface area contributed by atoms with E-state index in [1.54, 1.807) is 18.3 Å². The molecule has 1 aliphatic carbocycles. The summed E-state index contributed by atoms with van der Waals surface area (Å²) in [6, 6.07) is 6.90. The fourth-order valence-electron chi connectivity index (χ4n) is 2.16. The summed E-state index contributed by atoms with van der Waals surface area (Å²) < 4.78 is 0. The van der Waals surface area contributed by atoms with Gasteiger partial charge in [0.2, 0.25) is 0 Å². The van der Waals surface area contributed by atoms with Gasteiger partial charge >= 0.3 is 0 Å². The third-order valence-corrected chi connectivity index (χ3v) is 3.20.